The number of thiazole rings is 1. The van der Waals surface area contributed by atoms with Gasteiger partial charge in [0, 0.05) is 22.4 Å². The van der Waals surface area contributed by atoms with Gasteiger partial charge in [-0.05, 0) is 36.1 Å². The van der Waals surface area contributed by atoms with Crippen LogP contribution in [0.15, 0.2) is 41.1 Å². The topological polar surface area (TPSA) is 34.1 Å². The minimum absolute atomic E-state index is 0.244. The van der Waals surface area contributed by atoms with E-state index in [0.717, 1.165) is 29.4 Å². The molecule has 0 spiro atoms. The minimum Gasteiger partial charge on any atom is -0.494 e. The SMILES string of the molecule is COc1ccc(-c2csc(NCCc3cccs3)n2)cc1F. The van der Waals surface area contributed by atoms with E-state index in [1.165, 1.54) is 29.4 Å². The van der Waals surface area contributed by atoms with E-state index in [-0.39, 0.29) is 11.6 Å². The number of nitrogens with one attached hydrogen (secondary N) is 1. The van der Waals surface area contributed by atoms with Crippen molar-refractivity contribution in [3.05, 3.63) is 51.8 Å². The van der Waals surface area contributed by atoms with Gasteiger partial charge in [-0.2, -0.15) is 0 Å². The first-order valence-corrected chi connectivity index (χ1v) is 8.58. The van der Waals surface area contributed by atoms with E-state index in [4.69, 9.17) is 4.74 Å². The molecule has 22 heavy (non-hydrogen) atoms. The van der Waals surface area contributed by atoms with Crippen LogP contribution in [0.5, 0.6) is 5.75 Å². The Balaban J connectivity index is 1.64. The summed E-state index contributed by atoms with van der Waals surface area (Å²) in [7, 11) is 1.45. The lowest BCUT2D eigenvalue weighted by Gasteiger charge is -2.03. The third kappa shape index (κ3) is 3.45. The van der Waals surface area contributed by atoms with Crippen LogP contribution in [0.3, 0.4) is 0 Å². The lowest BCUT2D eigenvalue weighted by atomic mass is 10.1. The fraction of sp³-hybridized carbons (Fsp3) is 0.188. The van der Waals surface area contributed by atoms with Crippen LogP contribution >= 0.6 is 22.7 Å². The average Bonchev–Trinajstić information content (AvgIpc) is 3.19. The van der Waals surface area contributed by atoms with Crippen molar-refractivity contribution in [2.24, 2.45) is 0 Å². The summed E-state index contributed by atoms with van der Waals surface area (Å²) in [6.45, 7) is 0.838. The van der Waals surface area contributed by atoms with E-state index in [9.17, 15) is 4.39 Å². The summed E-state index contributed by atoms with van der Waals surface area (Å²) in [6, 6.07) is 9.06. The van der Waals surface area contributed by atoms with Crippen LogP contribution in [0.25, 0.3) is 11.3 Å². The number of hydrogen-bond acceptors (Lipinski definition) is 5. The molecule has 6 heteroatoms. The molecule has 2 aromatic heterocycles. The van der Waals surface area contributed by atoms with Crippen LogP contribution in [0, 0.1) is 5.82 Å². The number of methoxy groups -OCH3 is 1. The van der Waals surface area contributed by atoms with Gasteiger partial charge >= 0.3 is 0 Å². The van der Waals surface area contributed by atoms with Crippen LogP contribution in [0.2, 0.25) is 0 Å². The average molecular weight is 334 g/mol. The Kier molecular flexibility index (Phi) is 4.70. The fourth-order valence-electron chi connectivity index (χ4n) is 2.06. The second kappa shape index (κ2) is 6.89. The minimum atomic E-state index is -0.375. The maximum absolute atomic E-state index is 13.7. The molecule has 0 amide bonds. The molecule has 1 aromatic carbocycles. The largest absolute Gasteiger partial charge is 0.494 e. The van der Waals surface area contributed by atoms with Crippen LogP contribution in [-0.4, -0.2) is 18.6 Å². The van der Waals surface area contributed by atoms with Gasteiger partial charge in [-0.3, -0.25) is 0 Å². The normalized spacial score (nSPS) is 10.6. The Morgan fingerprint density at radius 1 is 1.27 bits per heavy atom. The van der Waals surface area contributed by atoms with E-state index in [1.807, 2.05) is 11.4 Å². The number of aromatic nitrogens is 1. The molecule has 0 aliphatic rings. The molecule has 114 valence electrons. The number of thiophene rings is 1. The van der Waals surface area contributed by atoms with E-state index in [1.54, 1.807) is 17.4 Å². The van der Waals surface area contributed by atoms with Crippen molar-refractivity contribution in [3.8, 4) is 17.0 Å². The second-order valence-electron chi connectivity index (χ2n) is 4.64. The van der Waals surface area contributed by atoms with Crippen molar-refractivity contribution in [3.63, 3.8) is 0 Å². The molecule has 0 fully saturated rings. The van der Waals surface area contributed by atoms with Crippen molar-refractivity contribution in [2.45, 2.75) is 6.42 Å². The van der Waals surface area contributed by atoms with Gasteiger partial charge in [-0.1, -0.05) is 6.07 Å². The number of halogens is 1. The molecule has 0 bridgehead atoms. The molecule has 3 nitrogen and oxygen atoms in total. The highest BCUT2D eigenvalue weighted by Gasteiger charge is 2.08. The van der Waals surface area contributed by atoms with Gasteiger partial charge in [0.25, 0.3) is 0 Å². The van der Waals surface area contributed by atoms with Crippen LogP contribution in [-0.2, 0) is 6.42 Å². The summed E-state index contributed by atoms with van der Waals surface area (Å²) in [6.07, 6.45) is 0.976. The lowest BCUT2D eigenvalue weighted by Crippen LogP contribution is -2.03. The van der Waals surface area contributed by atoms with Crippen molar-refractivity contribution in [2.75, 3.05) is 19.0 Å². The number of rotatable bonds is 6. The van der Waals surface area contributed by atoms with Crippen LogP contribution < -0.4 is 10.1 Å². The predicted octanol–water partition coefficient (Wildman–Crippen LogP) is 4.67. The molecule has 2 heterocycles. The molecule has 3 rings (SSSR count). The highest BCUT2D eigenvalue weighted by Crippen LogP contribution is 2.28. The molecule has 0 saturated carbocycles. The third-order valence-corrected chi connectivity index (χ3v) is 4.92. The maximum atomic E-state index is 13.7. The van der Waals surface area contributed by atoms with E-state index < -0.39 is 0 Å². The Bertz CT molecular complexity index is 740. The van der Waals surface area contributed by atoms with Crippen molar-refractivity contribution < 1.29 is 9.13 Å². The molecule has 0 aliphatic heterocycles. The Hall–Kier alpha value is -1.92. The summed E-state index contributed by atoms with van der Waals surface area (Å²) in [5, 5.41) is 8.16. The number of hydrogen-bond donors (Lipinski definition) is 1. The standard InChI is InChI=1S/C16H15FN2OS2/c1-20-15-5-4-11(9-13(15)17)14-10-22-16(19-14)18-7-6-12-3-2-8-21-12/h2-5,8-10H,6-7H2,1H3,(H,18,19). The summed E-state index contributed by atoms with van der Waals surface area (Å²) < 4.78 is 18.7. The zero-order valence-electron chi connectivity index (χ0n) is 12.0. The predicted molar refractivity (Wildman–Crippen MR) is 90.6 cm³/mol. The van der Waals surface area contributed by atoms with Crippen molar-refractivity contribution in [1.29, 1.82) is 0 Å². The van der Waals surface area contributed by atoms with Gasteiger partial charge in [0.2, 0.25) is 0 Å². The van der Waals surface area contributed by atoms with Gasteiger partial charge < -0.3 is 10.1 Å². The molecule has 0 unspecified atom stereocenters. The highest BCUT2D eigenvalue weighted by molar-refractivity contribution is 7.14. The van der Waals surface area contributed by atoms with Gasteiger partial charge in [0.05, 0.1) is 12.8 Å². The van der Waals surface area contributed by atoms with Crippen LogP contribution in [0.1, 0.15) is 4.88 Å². The molecule has 0 atom stereocenters. The summed E-state index contributed by atoms with van der Waals surface area (Å²) in [5.41, 5.74) is 1.52. The quantitative estimate of drug-likeness (QED) is 0.711. The molecule has 0 radical (unpaired) electrons. The Labute approximate surface area is 136 Å². The molecular weight excluding hydrogens is 319 g/mol. The number of anilines is 1. The van der Waals surface area contributed by atoms with E-state index >= 15 is 0 Å². The fourth-order valence-corrected chi connectivity index (χ4v) is 3.52. The van der Waals surface area contributed by atoms with Gasteiger partial charge in [0.15, 0.2) is 16.7 Å². The molecule has 0 saturated heterocycles. The Morgan fingerprint density at radius 2 is 2.18 bits per heavy atom. The van der Waals surface area contributed by atoms with Crippen molar-refractivity contribution >= 4 is 27.8 Å². The first-order valence-electron chi connectivity index (χ1n) is 6.82. The Morgan fingerprint density at radius 3 is 2.91 bits per heavy atom. The van der Waals surface area contributed by atoms with E-state index in [0.29, 0.717) is 0 Å². The van der Waals surface area contributed by atoms with Gasteiger partial charge in [-0.15, -0.1) is 22.7 Å². The second-order valence-corrected chi connectivity index (χ2v) is 6.53. The monoisotopic (exact) mass is 334 g/mol. The summed E-state index contributed by atoms with van der Waals surface area (Å²) in [4.78, 5) is 5.85. The van der Waals surface area contributed by atoms with Crippen molar-refractivity contribution in [1.82, 2.24) is 4.98 Å². The maximum Gasteiger partial charge on any atom is 0.183 e. The lowest BCUT2D eigenvalue weighted by molar-refractivity contribution is 0.386. The zero-order valence-corrected chi connectivity index (χ0v) is 13.6. The van der Waals surface area contributed by atoms with Crippen LogP contribution in [0.4, 0.5) is 9.52 Å². The van der Waals surface area contributed by atoms with Gasteiger partial charge in [0.1, 0.15) is 0 Å². The number of nitrogens with zero attached hydrogens (tertiary/aromatic N) is 1. The molecule has 1 N–H and O–H groups in total. The van der Waals surface area contributed by atoms with Gasteiger partial charge in [-0.25, -0.2) is 9.37 Å². The summed E-state index contributed by atoms with van der Waals surface area (Å²) >= 11 is 3.28. The number of ether oxygens (including phenoxy) is 1. The van der Waals surface area contributed by atoms with E-state index in [2.05, 4.69) is 27.8 Å². The first kappa shape index (κ1) is 15.0. The molecule has 3 aromatic rings. The molecule has 0 aliphatic carbocycles. The summed E-state index contributed by atoms with van der Waals surface area (Å²) in [5.74, 6) is -0.131. The zero-order chi connectivity index (χ0) is 15.4. The number of benzene rings is 1. The first-order chi connectivity index (χ1) is 10.8. The molecular formula is C16H15FN2OS2. The smallest absolute Gasteiger partial charge is 0.183 e. The third-order valence-electron chi connectivity index (χ3n) is 3.18. The highest BCUT2D eigenvalue weighted by atomic mass is 32.1.